The number of benzene rings is 3. The standard InChI is InChI=1S/C23H25F/c1-3-4-5-6-7-18-10-14-22-20(16-18)13-15-21(23(22)24)19-11-8-17(2)9-12-19/h8-16H,3-7H2,1-2H3. The van der Waals surface area contributed by atoms with E-state index in [-0.39, 0.29) is 5.82 Å². The first kappa shape index (κ1) is 16.7. The molecule has 3 aromatic rings. The van der Waals surface area contributed by atoms with Crippen LogP contribution in [0.1, 0.15) is 43.7 Å². The molecule has 0 aliphatic rings. The topological polar surface area (TPSA) is 0 Å². The summed E-state index contributed by atoms with van der Waals surface area (Å²) in [5.74, 6) is -0.117. The fourth-order valence-electron chi connectivity index (χ4n) is 3.21. The molecule has 0 spiro atoms. The average Bonchev–Trinajstić information content (AvgIpc) is 2.60. The van der Waals surface area contributed by atoms with Gasteiger partial charge in [-0.2, -0.15) is 0 Å². The first-order valence-corrected chi connectivity index (χ1v) is 8.97. The van der Waals surface area contributed by atoms with Gasteiger partial charge in [0.05, 0.1) is 0 Å². The van der Waals surface area contributed by atoms with Crippen LogP contribution in [0.3, 0.4) is 0 Å². The maximum atomic E-state index is 14.9. The predicted molar refractivity (Wildman–Crippen MR) is 102 cm³/mol. The molecule has 3 aromatic carbocycles. The number of aryl methyl sites for hydroxylation is 2. The molecule has 0 unspecified atom stereocenters. The number of halogens is 1. The van der Waals surface area contributed by atoms with Crippen molar-refractivity contribution in [1.29, 1.82) is 0 Å². The van der Waals surface area contributed by atoms with Gasteiger partial charge in [-0.15, -0.1) is 0 Å². The van der Waals surface area contributed by atoms with Crippen LogP contribution in [0.4, 0.5) is 4.39 Å². The van der Waals surface area contributed by atoms with E-state index in [1.165, 1.54) is 36.8 Å². The minimum Gasteiger partial charge on any atom is -0.206 e. The Balaban J connectivity index is 1.88. The van der Waals surface area contributed by atoms with Crippen molar-refractivity contribution in [2.45, 2.75) is 46.0 Å². The minimum absolute atomic E-state index is 0.117. The number of unbranched alkanes of at least 4 members (excludes halogenated alkanes) is 3. The van der Waals surface area contributed by atoms with Gasteiger partial charge in [0.2, 0.25) is 0 Å². The first-order valence-electron chi connectivity index (χ1n) is 8.97. The maximum Gasteiger partial charge on any atom is 0.138 e. The molecule has 0 nitrogen and oxygen atoms in total. The minimum atomic E-state index is -0.117. The highest BCUT2D eigenvalue weighted by molar-refractivity contribution is 5.88. The molecule has 0 radical (unpaired) electrons. The van der Waals surface area contributed by atoms with Gasteiger partial charge in [-0.25, -0.2) is 4.39 Å². The van der Waals surface area contributed by atoms with Gasteiger partial charge < -0.3 is 0 Å². The molecule has 3 rings (SSSR count). The third-order valence-corrected chi connectivity index (χ3v) is 4.70. The molecule has 0 heterocycles. The summed E-state index contributed by atoms with van der Waals surface area (Å²) < 4.78 is 14.9. The Kier molecular flexibility index (Phi) is 5.30. The van der Waals surface area contributed by atoms with Gasteiger partial charge in [-0.3, -0.25) is 0 Å². The lowest BCUT2D eigenvalue weighted by atomic mass is 9.97. The van der Waals surface area contributed by atoms with Crippen LogP contribution < -0.4 is 0 Å². The van der Waals surface area contributed by atoms with Gasteiger partial charge in [0, 0.05) is 10.9 Å². The zero-order chi connectivity index (χ0) is 16.9. The van der Waals surface area contributed by atoms with Gasteiger partial charge in [0.15, 0.2) is 0 Å². The molecule has 0 aliphatic heterocycles. The van der Waals surface area contributed by atoms with Gasteiger partial charge in [0.1, 0.15) is 5.82 Å². The lowest BCUT2D eigenvalue weighted by Crippen LogP contribution is -1.90. The molecular weight excluding hydrogens is 295 g/mol. The van der Waals surface area contributed by atoms with E-state index in [0.29, 0.717) is 10.9 Å². The normalized spacial score (nSPS) is 11.1. The maximum absolute atomic E-state index is 14.9. The molecule has 0 aliphatic carbocycles. The summed E-state index contributed by atoms with van der Waals surface area (Å²) >= 11 is 0. The highest BCUT2D eigenvalue weighted by Crippen LogP contribution is 2.30. The van der Waals surface area contributed by atoms with E-state index in [1.807, 2.05) is 49.4 Å². The van der Waals surface area contributed by atoms with Crippen LogP contribution >= 0.6 is 0 Å². The molecule has 0 saturated carbocycles. The third kappa shape index (κ3) is 3.67. The summed E-state index contributed by atoms with van der Waals surface area (Å²) in [4.78, 5) is 0. The number of rotatable bonds is 6. The van der Waals surface area contributed by atoms with Crippen molar-refractivity contribution in [2.24, 2.45) is 0 Å². The zero-order valence-corrected chi connectivity index (χ0v) is 14.6. The van der Waals surface area contributed by atoms with Crippen LogP contribution in [0, 0.1) is 12.7 Å². The smallest absolute Gasteiger partial charge is 0.138 e. The van der Waals surface area contributed by atoms with Crippen molar-refractivity contribution in [3.8, 4) is 11.1 Å². The predicted octanol–water partition coefficient (Wildman–Crippen LogP) is 7.08. The van der Waals surface area contributed by atoms with Crippen molar-refractivity contribution in [3.05, 3.63) is 71.5 Å². The van der Waals surface area contributed by atoms with Gasteiger partial charge in [-0.1, -0.05) is 86.3 Å². The van der Waals surface area contributed by atoms with Crippen molar-refractivity contribution >= 4 is 10.8 Å². The SMILES string of the molecule is CCCCCCc1ccc2c(F)c(-c3ccc(C)cc3)ccc2c1. The number of hydrogen-bond donors (Lipinski definition) is 0. The highest BCUT2D eigenvalue weighted by atomic mass is 19.1. The Labute approximate surface area is 144 Å². The largest absolute Gasteiger partial charge is 0.206 e. The Bertz CT molecular complexity index is 815. The average molecular weight is 320 g/mol. The van der Waals surface area contributed by atoms with Gasteiger partial charge in [-0.05, 0) is 36.3 Å². The summed E-state index contributed by atoms with van der Waals surface area (Å²) in [5, 5.41) is 1.71. The van der Waals surface area contributed by atoms with Crippen LogP contribution in [-0.2, 0) is 6.42 Å². The molecule has 0 atom stereocenters. The van der Waals surface area contributed by atoms with E-state index in [9.17, 15) is 4.39 Å². The molecule has 0 N–H and O–H groups in total. The molecule has 0 saturated heterocycles. The molecule has 0 fully saturated rings. The van der Waals surface area contributed by atoms with Crippen molar-refractivity contribution in [1.82, 2.24) is 0 Å². The summed E-state index contributed by atoms with van der Waals surface area (Å²) in [6, 6.07) is 18.1. The molecular formula is C23H25F. The van der Waals surface area contributed by atoms with Gasteiger partial charge >= 0.3 is 0 Å². The van der Waals surface area contributed by atoms with Crippen LogP contribution in [0.5, 0.6) is 0 Å². The molecule has 0 aromatic heterocycles. The monoisotopic (exact) mass is 320 g/mol. The molecule has 0 bridgehead atoms. The van der Waals surface area contributed by atoms with E-state index >= 15 is 0 Å². The molecule has 24 heavy (non-hydrogen) atoms. The van der Waals surface area contributed by atoms with Crippen molar-refractivity contribution in [3.63, 3.8) is 0 Å². The summed E-state index contributed by atoms with van der Waals surface area (Å²) in [6.45, 7) is 4.27. The lowest BCUT2D eigenvalue weighted by Gasteiger charge is -2.09. The van der Waals surface area contributed by atoms with E-state index in [1.54, 1.807) is 0 Å². The van der Waals surface area contributed by atoms with E-state index < -0.39 is 0 Å². The summed E-state index contributed by atoms with van der Waals surface area (Å²) in [6.07, 6.45) is 6.11. The first-order chi connectivity index (χ1) is 11.7. The van der Waals surface area contributed by atoms with E-state index in [2.05, 4.69) is 19.1 Å². The second kappa shape index (κ2) is 7.61. The van der Waals surface area contributed by atoms with Crippen molar-refractivity contribution in [2.75, 3.05) is 0 Å². The fraction of sp³-hybridized carbons (Fsp3) is 0.304. The third-order valence-electron chi connectivity index (χ3n) is 4.70. The Morgan fingerprint density at radius 2 is 1.62 bits per heavy atom. The Morgan fingerprint density at radius 3 is 2.38 bits per heavy atom. The molecule has 124 valence electrons. The Morgan fingerprint density at radius 1 is 0.833 bits per heavy atom. The van der Waals surface area contributed by atoms with Crippen molar-refractivity contribution < 1.29 is 4.39 Å². The van der Waals surface area contributed by atoms with E-state index in [0.717, 1.165) is 17.4 Å². The number of fused-ring (bicyclic) bond motifs is 1. The van der Waals surface area contributed by atoms with Crippen LogP contribution in [0.25, 0.3) is 21.9 Å². The van der Waals surface area contributed by atoms with Crippen LogP contribution in [0.2, 0.25) is 0 Å². The summed E-state index contributed by atoms with van der Waals surface area (Å²) in [5.41, 5.74) is 4.11. The van der Waals surface area contributed by atoms with Gasteiger partial charge in [0.25, 0.3) is 0 Å². The Hall–Kier alpha value is -2.15. The second-order valence-electron chi connectivity index (χ2n) is 6.66. The lowest BCUT2D eigenvalue weighted by molar-refractivity contribution is 0.643. The summed E-state index contributed by atoms with van der Waals surface area (Å²) in [7, 11) is 0. The van der Waals surface area contributed by atoms with E-state index in [4.69, 9.17) is 0 Å². The highest BCUT2D eigenvalue weighted by Gasteiger charge is 2.09. The number of hydrogen-bond acceptors (Lipinski definition) is 0. The quantitative estimate of drug-likeness (QED) is 0.426. The fourth-order valence-corrected chi connectivity index (χ4v) is 3.21. The molecule has 1 heteroatoms. The zero-order valence-electron chi connectivity index (χ0n) is 14.6. The van der Waals surface area contributed by atoms with Crippen LogP contribution in [-0.4, -0.2) is 0 Å². The van der Waals surface area contributed by atoms with Crippen LogP contribution in [0.15, 0.2) is 54.6 Å². The molecule has 0 amide bonds. The second-order valence-corrected chi connectivity index (χ2v) is 6.66.